The minimum atomic E-state index is -0.196. The SMILES string of the molecule is NC(=S)c1ccc(C(=O)Nc2cc(Br)ccc2Br)cc1. The molecule has 0 aromatic heterocycles. The van der Waals surface area contributed by atoms with E-state index in [0.717, 1.165) is 14.5 Å². The van der Waals surface area contributed by atoms with Crippen molar-refractivity contribution in [3.05, 3.63) is 62.5 Å². The van der Waals surface area contributed by atoms with Gasteiger partial charge >= 0.3 is 0 Å². The summed E-state index contributed by atoms with van der Waals surface area (Å²) in [5.74, 6) is -0.196. The molecule has 0 aliphatic heterocycles. The van der Waals surface area contributed by atoms with Crippen molar-refractivity contribution in [1.82, 2.24) is 0 Å². The number of carbonyl (C=O) groups is 1. The lowest BCUT2D eigenvalue weighted by atomic mass is 10.1. The quantitative estimate of drug-likeness (QED) is 0.744. The monoisotopic (exact) mass is 412 g/mol. The largest absolute Gasteiger partial charge is 0.389 e. The number of halogens is 2. The highest BCUT2D eigenvalue weighted by Crippen LogP contribution is 2.26. The molecule has 2 aromatic carbocycles. The number of anilines is 1. The fraction of sp³-hybridized carbons (Fsp3) is 0. The summed E-state index contributed by atoms with van der Waals surface area (Å²) >= 11 is 11.6. The zero-order valence-corrected chi connectivity index (χ0v) is 14.2. The standard InChI is InChI=1S/C14H10Br2N2OS/c15-10-5-6-11(16)12(7-10)18-14(19)9-3-1-8(2-4-9)13(17)20/h1-7H,(H2,17,20)(H,18,19). The number of amides is 1. The van der Waals surface area contributed by atoms with Crippen LogP contribution in [0.3, 0.4) is 0 Å². The number of nitrogens with two attached hydrogens (primary N) is 1. The van der Waals surface area contributed by atoms with Crippen LogP contribution in [0.4, 0.5) is 5.69 Å². The summed E-state index contributed by atoms with van der Waals surface area (Å²) in [6.45, 7) is 0. The van der Waals surface area contributed by atoms with Crippen molar-refractivity contribution in [3.8, 4) is 0 Å². The van der Waals surface area contributed by atoms with Crippen LogP contribution in [0.25, 0.3) is 0 Å². The molecular weight excluding hydrogens is 404 g/mol. The van der Waals surface area contributed by atoms with E-state index >= 15 is 0 Å². The molecule has 0 fully saturated rings. The van der Waals surface area contributed by atoms with E-state index in [2.05, 4.69) is 37.2 Å². The molecule has 0 aliphatic carbocycles. The zero-order valence-electron chi connectivity index (χ0n) is 10.2. The van der Waals surface area contributed by atoms with Gasteiger partial charge in [-0.05, 0) is 46.3 Å². The Hall–Kier alpha value is -1.24. The van der Waals surface area contributed by atoms with E-state index in [0.29, 0.717) is 16.2 Å². The van der Waals surface area contributed by atoms with Crippen molar-refractivity contribution in [2.45, 2.75) is 0 Å². The summed E-state index contributed by atoms with van der Waals surface area (Å²) in [7, 11) is 0. The molecule has 102 valence electrons. The van der Waals surface area contributed by atoms with Gasteiger partial charge in [0.2, 0.25) is 0 Å². The van der Waals surface area contributed by atoms with Crippen molar-refractivity contribution in [2.75, 3.05) is 5.32 Å². The van der Waals surface area contributed by atoms with Crippen molar-refractivity contribution in [2.24, 2.45) is 5.73 Å². The van der Waals surface area contributed by atoms with Crippen LogP contribution >= 0.6 is 44.1 Å². The molecule has 0 atom stereocenters. The van der Waals surface area contributed by atoms with Gasteiger partial charge in [0.05, 0.1) is 5.69 Å². The summed E-state index contributed by atoms with van der Waals surface area (Å²) < 4.78 is 1.70. The molecule has 2 aromatic rings. The van der Waals surface area contributed by atoms with Crippen LogP contribution in [0.1, 0.15) is 15.9 Å². The van der Waals surface area contributed by atoms with Gasteiger partial charge in [-0.1, -0.05) is 40.3 Å². The molecule has 6 heteroatoms. The maximum absolute atomic E-state index is 12.1. The smallest absolute Gasteiger partial charge is 0.255 e. The molecule has 20 heavy (non-hydrogen) atoms. The van der Waals surface area contributed by atoms with Crippen molar-refractivity contribution in [3.63, 3.8) is 0 Å². The predicted octanol–water partition coefficient (Wildman–Crippen LogP) is 4.10. The first-order valence-corrected chi connectivity index (χ1v) is 7.63. The molecule has 0 saturated carbocycles. The minimum absolute atomic E-state index is 0.196. The normalized spacial score (nSPS) is 10.1. The number of carbonyl (C=O) groups excluding carboxylic acids is 1. The van der Waals surface area contributed by atoms with E-state index in [1.54, 1.807) is 24.3 Å². The number of nitrogens with one attached hydrogen (secondary N) is 1. The number of rotatable bonds is 3. The van der Waals surface area contributed by atoms with E-state index in [1.807, 2.05) is 18.2 Å². The molecule has 0 spiro atoms. The number of thiocarbonyl (C=S) groups is 1. The molecular formula is C14H10Br2N2OS. The molecule has 0 saturated heterocycles. The van der Waals surface area contributed by atoms with Gasteiger partial charge in [0.1, 0.15) is 4.99 Å². The summed E-state index contributed by atoms with van der Waals surface area (Å²) in [6, 6.07) is 12.4. The predicted molar refractivity (Wildman–Crippen MR) is 92.1 cm³/mol. The van der Waals surface area contributed by atoms with Crippen LogP contribution in [-0.2, 0) is 0 Å². The second-order valence-electron chi connectivity index (χ2n) is 4.02. The Morgan fingerprint density at radius 3 is 2.25 bits per heavy atom. The van der Waals surface area contributed by atoms with Crippen LogP contribution in [0.2, 0.25) is 0 Å². The van der Waals surface area contributed by atoms with Gasteiger partial charge in [0.15, 0.2) is 0 Å². The van der Waals surface area contributed by atoms with Gasteiger partial charge in [-0.3, -0.25) is 4.79 Å². The lowest BCUT2D eigenvalue weighted by Crippen LogP contribution is -2.13. The first-order valence-electron chi connectivity index (χ1n) is 5.63. The summed E-state index contributed by atoms with van der Waals surface area (Å²) in [4.78, 5) is 12.5. The minimum Gasteiger partial charge on any atom is -0.389 e. The first-order chi connectivity index (χ1) is 9.47. The Kier molecular flexibility index (Phi) is 4.91. The van der Waals surface area contributed by atoms with Crippen molar-refractivity contribution < 1.29 is 4.79 Å². The molecule has 0 heterocycles. The fourth-order valence-electron chi connectivity index (χ4n) is 1.57. The molecule has 2 rings (SSSR count). The Morgan fingerprint density at radius 1 is 1.05 bits per heavy atom. The molecule has 0 bridgehead atoms. The molecule has 0 radical (unpaired) electrons. The third-order valence-electron chi connectivity index (χ3n) is 2.61. The van der Waals surface area contributed by atoms with E-state index in [1.165, 1.54) is 0 Å². The van der Waals surface area contributed by atoms with Gasteiger partial charge in [-0.2, -0.15) is 0 Å². The van der Waals surface area contributed by atoms with Crippen LogP contribution in [0.5, 0.6) is 0 Å². The number of hydrogen-bond donors (Lipinski definition) is 2. The molecule has 0 unspecified atom stereocenters. The van der Waals surface area contributed by atoms with Gasteiger partial charge in [0, 0.05) is 20.1 Å². The zero-order chi connectivity index (χ0) is 14.7. The highest BCUT2D eigenvalue weighted by molar-refractivity contribution is 9.11. The van der Waals surface area contributed by atoms with Crippen LogP contribution in [0.15, 0.2) is 51.4 Å². The molecule has 3 nitrogen and oxygen atoms in total. The average Bonchev–Trinajstić information content (AvgIpc) is 2.43. The van der Waals surface area contributed by atoms with Crippen molar-refractivity contribution in [1.29, 1.82) is 0 Å². The summed E-state index contributed by atoms with van der Waals surface area (Å²) in [6.07, 6.45) is 0. The van der Waals surface area contributed by atoms with Crippen LogP contribution < -0.4 is 11.1 Å². The second kappa shape index (κ2) is 6.47. The molecule has 0 aliphatic rings. The molecule has 1 amide bonds. The Labute approximate surface area is 138 Å². The van der Waals surface area contributed by atoms with Gasteiger partial charge < -0.3 is 11.1 Å². The topological polar surface area (TPSA) is 55.1 Å². The first kappa shape index (κ1) is 15.2. The highest BCUT2D eigenvalue weighted by atomic mass is 79.9. The molecule has 3 N–H and O–H groups in total. The van der Waals surface area contributed by atoms with Crippen LogP contribution in [-0.4, -0.2) is 10.9 Å². The maximum atomic E-state index is 12.1. The Bertz CT molecular complexity index is 671. The number of hydrogen-bond acceptors (Lipinski definition) is 2. The van der Waals surface area contributed by atoms with Crippen LogP contribution in [0, 0.1) is 0 Å². The lowest BCUT2D eigenvalue weighted by Gasteiger charge is -2.08. The Morgan fingerprint density at radius 2 is 1.65 bits per heavy atom. The van der Waals surface area contributed by atoms with Gasteiger partial charge in [-0.15, -0.1) is 0 Å². The van der Waals surface area contributed by atoms with E-state index < -0.39 is 0 Å². The average molecular weight is 414 g/mol. The second-order valence-corrected chi connectivity index (χ2v) is 6.23. The highest BCUT2D eigenvalue weighted by Gasteiger charge is 2.09. The van der Waals surface area contributed by atoms with E-state index in [4.69, 9.17) is 18.0 Å². The maximum Gasteiger partial charge on any atom is 0.255 e. The fourth-order valence-corrected chi connectivity index (χ4v) is 2.42. The third-order valence-corrected chi connectivity index (χ3v) is 4.03. The third kappa shape index (κ3) is 3.65. The van der Waals surface area contributed by atoms with E-state index in [-0.39, 0.29) is 5.91 Å². The van der Waals surface area contributed by atoms with Crippen molar-refractivity contribution >= 4 is 60.7 Å². The van der Waals surface area contributed by atoms with Gasteiger partial charge in [-0.25, -0.2) is 0 Å². The summed E-state index contributed by atoms with van der Waals surface area (Å²) in [5.41, 5.74) is 7.49. The van der Waals surface area contributed by atoms with E-state index in [9.17, 15) is 4.79 Å². The summed E-state index contributed by atoms with van der Waals surface area (Å²) in [5, 5.41) is 2.84. The Balaban J connectivity index is 2.19. The number of benzene rings is 2. The van der Waals surface area contributed by atoms with Gasteiger partial charge in [0.25, 0.3) is 5.91 Å². The lowest BCUT2D eigenvalue weighted by molar-refractivity contribution is 0.102.